The summed E-state index contributed by atoms with van der Waals surface area (Å²) in [4.78, 5) is 23.2. The van der Waals surface area contributed by atoms with Crippen LogP contribution in [0.4, 0.5) is 0 Å². The molecule has 2 N–H and O–H groups in total. The van der Waals surface area contributed by atoms with E-state index in [1.807, 2.05) is 12.1 Å². The van der Waals surface area contributed by atoms with Gasteiger partial charge in [0.15, 0.2) is 0 Å². The van der Waals surface area contributed by atoms with Gasteiger partial charge in [-0.2, -0.15) is 0 Å². The third-order valence-electron chi connectivity index (χ3n) is 4.30. The fourth-order valence-corrected chi connectivity index (χ4v) is 2.65. The molecule has 0 aliphatic rings. The zero-order chi connectivity index (χ0) is 19.4. The Morgan fingerprint density at radius 3 is 2.46 bits per heavy atom. The highest BCUT2D eigenvalue weighted by Crippen LogP contribution is 2.08. The molecule has 0 heterocycles. The third kappa shape index (κ3) is 8.45. The maximum absolute atomic E-state index is 11.8. The van der Waals surface area contributed by atoms with E-state index in [1.165, 1.54) is 14.0 Å². The van der Waals surface area contributed by atoms with Crippen molar-refractivity contribution in [1.82, 2.24) is 10.4 Å². The van der Waals surface area contributed by atoms with Crippen molar-refractivity contribution in [3.8, 4) is 0 Å². The molecule has 1 rings (SSSR count). The van der Waals surface area contributed by atoms with Gasteiger partial charge in [0.05, 0.1) is 18.8 Å². The molecule has 0 bridgehead atoms. The number of unbranched alkanes of at least 4 members (excludes halogenated alkanes) is 2. The second-order valence-corrected chi connectivity index (χ2v) is 6.46. The number of esters is 1. The van der Waals surface area contributed by atoms with E-state index < -0.39 is 0 Å². The van der Waals surface area contributed by atoms with E-state index in [9.17, 15) is 14.7 Å². The van der Waals surface area contributed by atoms with Crippen molar-refractivity contribution in [3.05, 3.63) is 35.4 Å². The Morgan fingerprint density at radius 2 is 1.88 bits per heavy atom. The van der Waals surface area contributed by atoms with Gasteiger partial charge in [-0.05, 0) is 37.0 Å². The molecule has 0 radical (unpaired) electrons. The van der Waals surface area contributed by atoms with Crippen LogP contribution in [0.1, 0.15) is 61.9 Å². The molecule has 0 aromatic heterocycles. The van der Waals surface area contributed by atoms with Crippen molar-refractivity contribution in [2.24, 2.45) is 0 Å². The molecule has 0 aliphatic heterocycles. The molecule has 26 heavy (non-hydrogen) atoms. The molecule has 146 valence electrons. The van der Waals surface area contributed by atoms with E-state index in [1.54, 1.807) is 17.1 Å². The van der Waals surface area contributed by atoms with Gasteiger partial charge in [-0.15, -0.1) is 0 Å². The van der Waals surface area contributed by atoms with Gasteiger partial charge in [0.1, 0.15) is 0 Å². The number of nitrogens with zero attached hydrogens (tertiary/aromatic N) is 1. The number of methoxy groups -OCH3 is 1. The maximum atomic E-state index is 11.8. The van der Waals surface area contributed by atoms with Crippen LogP contribution in [0, 0.1) is 0 Å². The van der Waals surface area contributed by atoms with Crippen molar-refractivity contribution in [1.29, 1.82) is 0 Å². The molecule has 1 atom stereocenters. The quantitative estimate of drug-likeness (QED) is 0.339. The van der Waals surface area contributed by atoms with Crippen LogP contribution in [0.2, 0.25) is 0 Å². The first-order chi connectivity index (χ1) is 12.5. The lowest BCUT2D eigenvalue weighted by atomic mass is 10.1. The Morgan fingerprint density at radius 1 is 1.19 bits per heavy atom. The van der Waals surface area contributed by atoms with Crippen LogP contribution >= 0.6 is 0 Å². The lowest BCUT2D eigenvalue weighted by Crippen LogP contribution is -2.43. The number of hydrogen-bond acceptors (Lipinski definition) is 5. The zero-order valence-corrected chi connectivity index (χ0v) is 16.2. The van der Waals surface area contributed by atoms with Crippen LogP contribution in [0.3, 0.4) is 0 Å². The lowest BCUT2D eigenvalue weighted by molar-refractivity contribution is -0.132. The van der Waals surface area contributed by atoms with E-state index in [0.29, 0.717) is 31.5 Å². The van der Waals surface area contributed by atoms with Crippen molar-refractivity contribution >= 4 is 11.9 Å². The molecule has 0 saturated heterocycles. The summed E-state index contributed by atoms with van der Waals surface area (Å²) in [7, 11) is 1.35. The lowest BCUT2D eigenvalue weighted by Gasteiger charge is -2.23. The van der Waals surface area contributed by atoms with Gasteiger partial charge in [-0.1, -0.05) is 38.3 Å². The molecule has 0 aliphatic carbocycles. The van der Waals surface area contributed by atoms with Crippen molar-refractivity contribution < 1.29 is 19.4 Å². The molecular weight excluding hydrogens is 332 g/mol. The minimum atomic E-state index is -0.360. The number of nitrogens with one attached hydrogen (secondary N) is 1. The standard InChI is InChI=1S/C20H32N2O4/c1-4-5-6-7-19(24)12-14-21-22(16(2)23)15-13-17-8-10-18(11-9-17)20(25)26-3/h8-11,19,21,24H,4-7,12-15H2,1-3H3. The van der Waals surface area contributed by atoms with Gasteiger partial charge >= 0.3 is 5.97 Å². The Hall–Kier alpha value is -1.92. The maximum Gasteiger partial charge on any atom is 0.337 e. The minimum Gasteiger partial charge on any atom is -0.465 e. The van der Waals surface area contributed by atoms with Crippen molar-refractivity contribution in [2.75, 3.05) is 20.2 Å². The smallest absolute Gasteiger partial charge is 0.337 e. The first-order valence-electron chi connectivity index (χ1n) is 9.34. The van der Waals surface area contributed by atoms with Crippen LogP contribution in [-0.2, 0) is 16.0 Å². The summed E-state index contributed by atoms with van der Waals surface area (Å²) in [6.45, 7) is 4.75. The molecule has 6 nitrogen and oxygen atoms in total. The summed E-state index contributed by atoms with van der Waals surface area (Å²) < 4.78 is 4.68. The van der Waals surface area contributed by atoms with Crippen LogP contribution in [0.5, 0.6) is 0 Å². The van der Waals surface area contributed by atoms with E-state index in [2.05, 4.69) is 17.1 Å². The first-order valence-corrected chi connectivity index (χ1v) is 9.34. The highest BCUT2D eigenvalue weighted by molar-refractivity contribution is 5.89. The number of aliphatic hydroxyl groups excluding tert-OH is 1. The highest BCUT2D eigenvalue weighted by atomic mass is 16.5. The average Bonchev–Trinajstić information content (AvgIpc) is 2.64. The fourth-order valence-electron chi connectivity index (χ4n) is 2.65. The number of benzene rings is 1. The largest absolute Gasteiger partial charge is 0.465 e. The molecule has 0 spiro atoms. The highest BCUT2D eigenvalue weighted by Gasteiger charge is 2.11. The van der Waals surface area contributed by atoms with Crippen molar-refractivity contribution in [3.63, 3.8) is 0 Å². The second kappa shape index (κ2) is 12.4. The predicted octanol–water partition coefficient (Wildman–Crippen LogP) is 2.70. The van der Waals surface area contributed by atoms with E-state index in [-0.39, 0.29) is 18.0 Å². The summed E-state index contributed by atoms with van der Waals surface area (Å²) in [5, 5.41) is 11.5. The molecule has 1 unspecified atom stereocenters. The van der Waals surface area contributed by atoms with Gasteiger partial charge < -0.3 is 9.84 Å². The molecule has 0 fully saturated rings. The second-order valence-electron chi connectivity index (χ2n) is 6.46. The zero-order valence-electron chi connectivity index (χ0n) is 16.2. The summed E-state index contributed by atoms with van der Waals surface area (Å²) in [5.41, 5.74) is 4.64. The third-order valence-corrected chi connectivity index (χ3v) is 4.30. The molecule has 6 heteroatoms. The number of amides is 1. The average molecular weight is 364 g/mol. The van der Waals surface area contributed by atoms with E-state index in [4.69, 9.17) is 0 Å². The summed E-state index contributed by atoms with van der Waals surface area (Å²) >= 11 is 0. The van der Waals surface area contributed by atoms with Crippen molar-refractivity contribution in [2.45, 2.75) is 58.5 Å². The van der Waals surface area contributed by atoms with Crippen LogP contribution < -0.4 is 5.43 Å². The van der Waals surface area contributed by atoms with Gasteiger partial charge in [0.25, 0.3) is 0 Å². The molecular formula is C20H32N2O4. The molecule has 1 aromatic rings. The number of carbonyl (C=O) groups excluding carboxylic acids is 2. The van der Waals surface area contributed by atoms with Crippen LogP contribution in [-0.4, -0.2) is 48.3 Å². The number of ether oxygens (including phenoxy) is 1. The predicted molar refractivity (Wildman–Crippen MR) is 102 cm³/mol. The van der Waals surface area contributed by atoms with Crippen LogP contribution in [0.25, 0.3) is 0 Å². The van der Waals surface area contributed by atoms with Gasteiger partial charge in [0, 0.05) is 20.0 Å². The number of carbonyl (C=O) groups is 2. The SMILES string of the molecule is CCCCCC(O)CCNN(CCc1ccc(C(=O)OC)cc1)C(C)=O. The molecule has 1 amide bonds. The van der Waals surface area contributed by atoms with Gasteiger partial charge in [-0.3, -0.25) is 9.80 Å². The monoisotopic (exact) mass is 364 g/mol. The summed E-state index contributed by atoms with van der Waals surface area (Å²) in [6, 6.07) is 7.17. The van der Waals surface area contributed by atoms with Crippen LogP contribution in [0.15, 0.2) is 24.3 Å². The fraction of sp³-hybridized carbons (Fsp3) is 0.600. The summed E-state index contributed by atoms with van der Waals surface area (Å²) in [5.74, 6) is -0.419. The summed E-state index contributed by atoms with van der Waals surface area (Å²) in [6.07, 6.45) is 5.10. The van der Waals surface area contributed by atoms with E-state index in [0.717, 1.165) is 31.2 Å². The molecule has 1 aromatic carbocycles. The normalized spacial score (nSPS) is 11.8. The minimum absolute atomic E-state index is 0.0587. The first kappa shape index (κ1) is 22.1. The Balaban J connectivity index is 2.38. The topological polar surface area (TPSA) is 78.9 Å². The number of hydrogen-bond donors (Lipinski definition) is 2. The number of hydrazine groups is 1. The number of rotatable bonds is 12. The van der Waals surface area contributed by atoms with Gasteiger partial charge in [-0.25, -0.2) is 10.2 Å². The number of aliphatic hydroxyl groups is 1. The van der Waals surface area contributed by atoms with E-state index >= 15 is 0 Å². The Bertz CT molecular complexity index is 545. The Labute approximate surface area is 156 Å². The van der Waals surface area contributed by atoms with Gasteiger partial charge in [0.2, 0.25) is 5.91 Å². The molecule has 0 saturated carbocycles. The Kier molecular flexibility index (Phi) is 10.6.